The molecule has 2 atom stereocenters. The molecule has 1 aliphatic carbocycles. The summed E-state index contributed by atoms with van der Waals surface area (Å²) in [5, 5.41) is 6.56. The first-order valence-electron chi connectivity index (χ1n) is 8.23. The maximum absolute atomic E-state index is 11.9. The van der Waals surface area contributed by atoms with Crippen LogP contribution in [-0.2, 0) is 4.79 Å². The molecule has 0 spiro atoms. The summed E-state index contributed by atoms with van der Waals surface area (Å²) in [6.07, 6.45) is 9.91. The van der Waals surface area contributed by atoms with Crippen molar-refractivity contribution in [3.63, 3.8) is 0 Å². The molecule has 2 fully saturated rings. The van der Waals surface area contributed by atoms with Gasteiger partial charge in [-0.3, -0.25) is 4.79 Å². The molecule has 0 aromatic carbocycles. The molecule has 1 saturated heterocycles. The van der Waals surface area contributed by atoms with Crippen LogP contribution in [0.4, 0.5) is 0 Å². The Morgan fingerprint density at radius 2 is 2.00 bits per heavy atom. The van der Waals surface area contributed by atoms with Gasteiger partial charge in [0.25, 0.3) is 0 Å². The number of carbonyl (C=O) groups is 1. The van der Waals surface area contributed by atoms with Gasteiger partial charge in [0.15, 0.2) is 0 Å². The molecule has 1 aliphatic heterocycles. The van der Waals surface area contributed by atoms with Gasteiger partial charge in [0.2, 0.25) is 5.91 Å². The van der Waals surface area contributed by atoms with E-state index in [4.69, 9.17) is 0 Å². The SMILES string of the molecule is CC1CCNCC1CNC(=O)CCC1CCCCC1. The highest BCUT2D eigenvalue weighted by Gasteiger charge is 2.21. The van der Waals surface area contributed by atoms with Crippen molar-refractivity contribution in [1.29, 1.82) is 0 Å². The van der Waals surface area contributed by atoms with E-state index in [1.165, 1.54) is 38.5 Å². The van der Waals surface area contributed by atoms with Crippen molar-refractivity contribution in [2.24, 2.45) is 17.8 Å². The minimum absolute atomic E-state index is 0.267. The number of piperidine rings is 1. The highest BCUT2D eigenvalue weighted by Crippen LogP contribution is 2.27. The van der Waals surface area contributed by atoms with Gasteiger partial charge in [-0.25, -0.2) is 0 Å². The summed E-state index contributed by atoms with van der Waals surface area (Å²) >= 11 is 0. The van der Waals surface area contributed by atoms with Crippen LogP contribution in [0.3, 0.4) is 0 Å². The Kier molecular flexibility index (Phi) is 6.15. The van der Waals surface area contributed by atoms with Crippen molar-refractivity contribution >= 4 is 5.91 Å². The van der Waals surface area contributed by atoms with E-state index in [1.54, 1.807) is 0 Å². The van der Waals surface area contributed by atoms with Crippen LogP contribution in [0.1, 0.15) is 58.3 Å². The molecule has 2 N–H and O–H groups in total. The average Bonchev–Trinajstić information content (AvgIpc) is 2.45. The molecular formula is C16H30N2O. The molecule has 19 heavy (non-hydrogen) atoms. The number of amides is 1. The zero-order valence-electron chi connectivity index (χ0n) is 12.4. The lowest BCUT2D eigenvalue weighted by atomic mass is 9.86. The van der Waals surface area contributed by atoms with E-state index in [1.807, 2.05) is 0 Å². The molecule has 3 nitrogen and oxygen atoms in total. The Hall–Kier alpha value is -0.570. The fraction of sp³-hybridized carbons (Fsp3) is 0.938. The highest BCUT2D eigenvalue weighted by atomic mass is 16.1. The van der Waals surface area contributed by atoms with Crippen LogP contribution in [0.15, 0.2) is 0 Å². The van der Waals surface area contributed by atoms with Crippen molar-refractivity contribution in [2.45, 2.75) is 58.3 Å². The molecule has 0 radical (unpaired) electrons. The van der Waals surface area contributed by atoms with Gasteiger partial charge in [-0.15, -0.1) is 0 Å². The van der Waals surface area contributed by atoms with Gasteiger partial charge in [-0.05, 0) is 43.7 Å². The van der Waals surface area contributed by atoms with Crippen LogP contribution >= 0.6 is 0 Å². The fourth-order valence-electron chi connectivity index (χ4n) is 3.47. The molecular weight excluding hydrogens is 236 g/mol. The van der Waals surface area contributed by atoms with Gasteiger partial charge in [-0.1, -0.05) is 39.0 Å². The number of nitrogens with one attached hydrogen (secondary N) is 2. The minimum atomic E-state index is 0.267. The van der Waals surface area contributed by atoms with E-state index in [9.17, 15) is 4.79 Å². The molecule has 0 aromatic heterocycles. The minimum Gasteiger partial charge on any atom is -0.356 e. The third kappa shape index (κ3) is 5.13. The molecule has 2 unspecified atom stereocenters. The zero-order chi connectivity index (χ0) is 13.5. The van der Waals surface area contributed by atoms with Crippen LogP contribution in [0, 0.1) is 17.8 Å². The monoisotopic (exact) mass is 266 g/mol. The molecule has 1 amide bonds. The van der Waals surface area contributed by atoms with Gasteiger partial charge in [0.1, 0.15) is 0 Å². The van der Waals surface area contributed by atoms with Crippen molar-refractivity contribution in [3.05, 3.63) is 0 Å². The van der Waals surface area contributed by atoms with E-state index in [2.05, 4.69) is 17.6 Å². The molecule has 2 aliphatic rings. The van der Waals surface area contributed by atoms with Crippen molar-refractivity contribution in [1.82, 2.24) is 10.6 Å². The second-order valence-corrected chi connectivity index (χ2v) is 6.58. The quantitative estimate of drug-likeness (QED) is 0.803. The largest absolute Gasteiger partial charge is 0.356 e. The van der Waals surface area contributed by atoms with Crippen molar-refractivity contribution < 1.29 is 4.79 Å². The molecule has 3 heteroatoms. The van der Waals surface area contributed by atoms with E-state index in [0.717, 1.165) is 44.3 Å². The Labute approximate surface area is 117 Å². The molecule has 0 aromatic rings. The van der Waals surface area contributed by atoms with Crippen LogP contribution in [0.25, 0.3) is 0 Å². The Balaban J connectivity index is 1.58. The number of carbonyl (C=O) groups excluding carboxylic acids is 1. The molecule has 1 saturated carbocycles. The highest BCUT2D eigenvalue weighted by molar-refractivity contribution is 5.75. The third-order valence-corrected chi connectivity index (χ3v) is 5.05. The zero-order valence-corrected chi connectivity index (χ0v) is 12.4. The standard InChI is InChI=1S/C16H30N2O/c1-13-9-10-17-11-15(13)12-18-16(19)8-7-14-5-3-2-4-6-14/h13-15,17H,2-12H2,1H3,(H,18,19). The van der Waals surface area contributed by atoms with E-state index < -0.39 is 0 Å². The van der Waals surface area contributed by atoms with Gasteiger partial charge < -0.3 is 10.6 Å². The van der Waals surface area contributed by atoms with Crippen LogP contribution in [0.2, 0.25) is 0 Å². The van der Waals surface area contributed by atoms with Crippen molar-refractivity contribution in [3.8, 4) is 0 Å². The van der Waals surface area contributed by atoms with E-state index >= 15 is 0 Å². The summed E-state index contributed by atoms with van der Waals surface area (Å²) in [5.41, 5.74) is 0. The predicted octanol–water partition coefficient (Wildman–Crippen LogP) is 2.71. The normalized spacial score (nSPS) is 29.1. The molecule has 110 valence electrons. The summed E-state index contributed by atoms with van der Waals surface area (Å²) in [6, 6.07) is 0. The third-order valence-electron chi connectivity index (χ3n) is 5.05. The first-order chi connectivity index (χ1) is 9.25. The number of rotatable bonds is 5. The summed E-state index contributed by atoms with van der Waals surface area (Å²) < 4.78 is 0. The van der Waals surface area contributed by atoms with Gasteiger partial charge in [-0.2, -0.15) is 0 Å². The lowest BCUT2D eigenvalue weighted by Gasteiger charge is -2.29. The lowest BCUT2D eigenvalue weighted by molar-refractivity contribution is -0.121. The maximum atomic E-state index is 11.9. The molecule has 2 rings (SSSR count). The lowest BCUT2D eigenvalue weighted by Crippen LogP contribution is -2.42. The second-order valence-electron chi connectivity index (χ2n) is 6.58. The number of hydrogen-bond acceptors (Lipinski definition) is 2. The van der Waals surface area contributed by atoms with Crippen LogP contribution < -0.4 is 10.6 Å². The summed E-state index contributed by atoms with van der Waals surface area (Å²) in [7, 11) is 0. The summed E-state index contributed by atoms with van der Waals surface area (Å²) in [6.45, 7) is 5.36. The second kappa shape index (κ2) is 7.88. The number of hydrogen-bond donors (Lipinski definition) is 2. The first-order valence-corrected chi connectivity index (χ1v) is 8.23. The van der Waals surface area contributed by atoms with E-state index in [0.29, 0.717) is 5.92 Å². The smallest absolute Gasteiger partial charge is 0.220 e. The van der Waals surface area contributed by atoms with Gasteiger partial charge in [0, 0.05) is 13.0 Å². The maximum Gasteiger partial charge on any atom is 0.220 e. The Morgan fingerprint density at radius 3 is 2.74 bits per heavy atom. The fourth-order valence-corrected chi connectivity index (χ4v) is 3.47. The predicted molar refractivity (Wildman–Crippen MR) is 79.0 cm³/mol. The Morgan fingerprint density at radius 1 is 1.21 bits per heavy atom. The van der Waals surface area contributed by atoms with Crippen LogP contribution in [-0.4, -0.2) is 25.5 Å². The first kappa shape index (κ1) is 14.8. The summed E-state index contributed by atoms with van der Waals surface area (Å²) in [5.74, 6) is 2.44. The van der Waals surface area contributed by atoms with Crippen LogP contribution in [0.5, 0.6) is 0 Å². The average molecular weight is 266 g/mol. The van der Waals surface area contributed by atoms with Gasteiger partial charge >= 0.3 is 0 Å². The van der Waals surface area contributed by atoms with Gasteiger partial charge in [0.05, 0.1) is 0 Å². The topological polar surface area (TPSA) is 41.1 Å². The molecule has 1 heterocycles. The Bertz CT molecular complexity index is 274. The van der Waals surface area contributed by atoms with E-state index in [-0.39, 0.29) is 5.91 Å². The summed E-state index contributed by atoms with van der Waals surface area (Å²) in [4.78, 5) is 11.9. The molecule has 0 bridgehead atoms. The van der Waals surface area contributed by atoms with Crippen molar-refractivity contribution in [2.75, 3.05) is 19.6 Å².